The molecule has 1 heterocycles. The van der Waals surface area contributed by atoms with Crippen LogP contribution in [-0.2, 0) is 6.54 Å². The number of carbonyl (C=O) groups is 1. The minimum atomic E-state index is -0.0991. The van der Waals surface area contributed by atoms with E-state index in [9.17, 15) is 4.79 Å². The first-order valence-corrected chi connectivity index (χ1v) is 7.70. The van der Waals surface area contributed by atoms with E-state index in [2.05, 4.69) is 4.90 Å². The molecular weight excluding hydrogens is 305 g/mol. The first-order chi connectivity index (χ1) is 10.1. The van der Waals surface area contributed by atoms with Crippen LogP contribution in [0.5, 0.6) is 0 Å². The smallest absolute Gasteiger partial charge is 0.194 e. The molecule has 1 aliphatic rings. The molecule has 1 fully saturated rings. The summed E-state index contributed by atoms with van der Waals surface area (Å²) < 4.78 is 0. The Morgan fingerprint density at radius 1 is 1.05 bits per heavy atom. The summed E-state index contributed by atoms with van der Waals surface area (Å²) in [6.07, 6.45) is 1.28. The summed E-state index contributed by atoms with van der Waals surface area (Å²) in [5.41, 5.74) is 2.30. The quantitative estimate of drug-likeness (QED) is 0.777. The Morgan fingerprint density at radius 3 is 2.38 bits per heavy atom. The molecule has 0 aliphatic carbocycles. The molecule has 0 N–H and O–H groups in total. The Hall–Kier alpha value is -1.35. The van der Waals surface area contributed by atoms with Gasteiger partial charge in [0, 0.05) is 22.7 Å². The lowest BCUT2D eigenvalue weighted by atomic mass is 10.0. The largest absolute Gasteiger partial charge is 0.299 e. The van der Waals surface area contributed by atoms with Gasteiger partial charge in [0.2, 0.25) is 0 Å². The summed E-state index contributed by atoms with van der Waals surface area (Å²) in [4.78, 5) is 14.8. The maximum Gasteiger partial charge on any atom is 0.194 e. The second-order valence-electron chi connectivity index (χ2n) is 5.28. The number of halogens is 2. The molecule has 0 radical (unpaired) electrons. The van der Waals surface area contributed by atoms with Gasteiger partial charge in [-0.3, -0.25) is 9.69 Å². The lowest BCUT2D eigenvalue weighted by Crippen LogP contribution is -2.36. The summed E-state index contributed by atoms with van der Waals surface area (Å²) in [6.45, 7) is 3.28. The Bertz CT molecular complexity index is 663. The molecule has 0 atom stereocenters. The number of ketones is 1. The van der Waals surface area contributed by atoms with Crippen LogP contribution >= 0.6 is 23.2 Å². The van der Waals surface area contributed by atoms with Gasteiger partial charge in [0.25, 0.3) is 0 Å². The first-order valence-electron chi connectivity index (χ1n) is 6.94. The Labute approximate surface area is 134 Å². The molecule has 1 aliphatic heterocycles. The second-order valence-corrected chi connectivity index (χ2v) is 6.12. The highest BCUT2D eigenvalue weighted by Crippen LogP contribution is 2.23. The summed E-state index contributed by atoms with van der Waals surface area (Å²) in [6, 6.07) is 12.7. The van der Waals surface area contributed by atoms with E-state index in [-0.39, 0.29) is 5.78 Å². The fourth-order valence-corrected chi connectivity index (χ4v) is 2.76. The van der Waals surface area contributed by atoms with E-state index in [1.165, 1.54) is 25.1 Å². The number of hydrogen-bond donors (Lipinski definition) is 0. The Morgan fingerprint density at radius 2 is 1.76 bits per heavy atom. The molecule has 4 heteroatoms. The van der Waals surface area contributed by atoms with Crippen molar-refractivity contribution in [3.05, 3.63) is 69.2 Å². The molecule has 0 bridgehead atoms. The zero-order valence-corrected chi connectivity index (χ0v) is 13.0. The van der Waals surface area contributed by atoms with Crippen LogP contribution in [0.2, 0.25) is 10.0 Å². The fraction of sp³-hybridized carbons (Fsp3) is 0.235. The van der Waals surface area contributed by atoms with Crippen molar-refractivity contribution in [2.45, 2.75) is 13.0 Å². The van der Waals surface area contributed by atoms with Crippen molar-refractivity contribution >= 4 is 29.0 Å². The highest BCUT2D eigenvalue weighted by Gasteiger charge is 2.15. The Balaban J connectivity index is 1.79. The highest BCUT2D eigenvalue weighted by molar-refractivity contribution is 6.36. The van der Waals surface area contributed by atoms with Crippen molar-refractivity contribution in [3.8, 4) is 0 Å². The maximum absolute atomic E-state index is 12.5. The van der Waals surface area contributed by atoms with Gasteiger partial charge in [0.05, 0.1) is 5.02 Å². The van der Waals surface area contributed by atoms with Crippen molar-refractivity contribution in [1.82, 2.24) is 4.90 Å². The van der Waals surface area contributed by atoms with E-state index >= 15 is 0 Å². The van der Waals surface area contributed by atoms with Gasteiger partial charge in [-0.25, -0.2) is 0 Å². The van der Waals surface area contributed by atoms with E-state index in [1.54, 1.807) is 18.2 Å². The van der Waals surface area contributed by atoms with Crippen molar-refractivity contribution in [2.75, 3.05) is 13.1 Å². The molecule has 0 unspecified atom stereocenters. The third-order valence-corrected chi connectivity index (χ3v) is 4.31. The van der Waals surface area contributed by atoms with E-state index in [0.29, 0.717) is 21.2 Å². The lowest BCUT2D eigenvalue weighted by Gasteiger charge is -2.30. The maximum atomic E-state index is 12.5. The van der Waals surface area contributed by atoms with Gasteiger partial charge in [0.1, 0.15) is 0 Å². The molecular formula is C17H15Cl2NO. The van der Waals surface area contributed by atoms with Crippen LogP contribution in [0.1, 0.15) is 27.9 Å². The number of likely N-dealkylation sites (tertiary alicyclic amines) is 1. The number of benzene rings is 2. The molecule has 0 amide bonds. The van der Waals surface area contributed by atoms with Crippen LogP contribution in [-0.4, -0.2) is 23.8 Å². The first kappa shape index (κ1) is 14.6. The van der Waals surface area contributed by atoms with E-state index in [0.717, 1.165) is 6.54 Å². The zero-order valence-electron chi connectivity index (χ0n) is 11.5. The van der Waals surface area contributed by atoms with Crippen molar-refractivity contribution in [1.29, 1.82) is 0 Å². The highest BCUT2D eigenvalue weighted by atomic mass is 35.5. The van der Waals surface area contributed by atoms with Gasteiger partial charge in [-0.1, -0.05) is 47.5 Å². The average molecular weight is 320 g/mol. The molecule has 0 saturated carbocycles. The van der Waals surface area contributed by atoms with Gasteiger partial charge in [0.15, 0.2) is 5.78 Å². The topological polar surface area (TPSA) is 20.3 Å². The predicted molar refractivity (Wildman–Crippen MR) is 86.2 cm³/mol. The minimum Gasteiger partial charge on any atom is -0.299 e. The van der Waals surface area contributed by atoms with E-state index < -0.39 is 0 Å². The summed E-state index contributed by atoms with van der Waals surface area (Å²) in [5.74, 6) is -0.0991. The van der Waals surface area contributed by atoms with Gasteiger partial charge < -0.3 is 0 Å². The number of nitrogens with zero attached hydrogens (tertiary/aromatic N) is 1. The lowest BCUT2D eigenvalue weighted by molar-refractivity contribution is 0.103. The van der Waals surface area contributed by atoms with Crippen molar-refractivity contribution in [2.24, 2.45) is 0 Å². The van der Waals surface area contributed by atoms with Gasteiger partial charge >= 0.3 is 0 Å². The molecule has 21 heavy (non-hydrogen) atoms. The van der Waals surface area contributed by atoms with Crippen LogP contribution < -0.4 is 0 Å². The molecule has 0 aromatic heterocycles. The predicted octanol–water partition coefficient (Wildman–Crippen LogP) is 4.43. The summed E-state index contributed by atoms with van der Waals surface area (Å²) in [7, 11) is 0. The molecule has 2 nitrogen and oxygen atoms in total. The monoisotopic (exact) mass is 319 g/mol. The van der Waals surface area contributed by atoms with Crippen LogP contribution in [0, 0.1) is 0 Å². The average Bonchev–Trinajstić information content (AvgIpc) is 2.45. The van der Waals surface area contributed by atoms with Crippen molar-refractivity contribution in [3.63, 3.8) is 0 Å². The fourth-order valence-electron chi connectivity index (χ4n) is 2.39. The summed E-state index contributed by atoms with van der Waals surface area (Å²) in [5, 5.41) is 0.936. The van der Waals surface area contributed by atoms with Gasteiger partial charge in [-0.05, 0) is 43.3 Å². The summed E-state index contributed by atoms with van der Waals surface area (Å²) >= 11 is 12.0. The number of rotatable bonds is 4. The third-order valence-electron chi connectivity index (χ3n) is 3.74. The number of hydrogen-bond acceptors (Lipinski definition) is 2. The van der Waals surface area contributed by atoms with Crippen LogP contribution in [0.15, 0.2) is 42.5 Å². The van der Waals surface area contributed by atoms with Gasteiger partial charge in [-0.2, -0.15) is 0 Å². The molecule has 2 aromatic carbocycles. The Kier molecular flexibility index (Phi) is 4.29. The minimum absolute atomic E-state index is 0.0991. The van der Waals surface area contributed by atoms with Crippen LogP contribution in [0.4, 0.5) is 0 Å². The molecule has 3 rings (SSSR count). The molecule has 108 valence electrons. The molecule has 2 aromatic rings. The number of carbonyl (C=O) groups excluding carboxylic acids is 1. The third kappa shape index (κ3) is 3.29. The van der Waals surface area contributed by atoms with Crippen LogP contribution in [0.25, 0.3) is 0 Å². The molecule has 1 saturated heterocycles. The SMILES string of the molecule is O=C(c1ccc(CN2CCC2)cc1)c1cc(Cl)ccc1Cl. The van der Waals surface area contributed by atoms with Gasteiger partial charge in [-0.15, -0.1) is 0 Å². The molecule has 0 spiro atoms. The second kappa shape index (κ2) is 6.18. The van der Waals surface area contributed by atoms with Crippen molar-refractivity contribution < 1.29 is 4.79 Å². The van der Waals surface area contributed by atoms with E-state index in [1.807, 2.05) is 24.3 Å². The van der Waals surface area contributed by atoms with E-state index in [4.69, 9.17) is 23.2 Å². The zero-order chi connectivity index (χ0) is 14.8. The standard InChI is InChI=1S/C17H15Cl2NO/c18-14-6-7-16(19)15(10-14)17(21)13-4-2-12(3-5-13)11-20-8-1-9-20/h2-7,10H,1,8-9,11H2. The normalized spacial score (nSPS) is 14.8. The van der Waals surface area contributed by atoms with Crippen LogP contribution in [0.3, 0.4) is 0 Å².